The van der Waals surface area contributed by atoms with Crippen LogP contribution in [0.1, 0.15) is 90.5 Å². The van der Waals surface area contributed by atoms with E-state index < -0.39 is 47.1 Å². The average molecular weight is 876 g/mol. The number of aromatic nitrogens is 5. The van der Waals surface area contributed by atoms with Crippen LogP contribution in [0, 0.1) is 30.3 Å². The number of carbonyl (C=O) groups is 4. The number of rotatable bonds is 10. The number of hydrogen-bond donors (Lipinski definition) is 2. The highest BCUT2D eigenvalue weighted by Gasteiger charge is 2.47. The number of aryl methyl sites for hydroxylation is 1. The summed E-state index contributed by atoms with van der Waals surface area (Å²) >= 11 is 0. The molecule has 8 heterocycles. The van der Waals surface area contributed by atoms with Crippen molar-refractivity contribution in [3.05, 3.63) is 88.8 Å². The van der Waals surface area contributed by atoms with Crippen molar-refractivity contribution in [3.63, 3.8) is 0 Å². The number of pyridine rings is 1. The Bertz CT molecular complexity index is 2710. The maximum Gasteiger partial charge on any atom is 0.262 e. The molecular weight excluding hydrogens is 828 g/mol. The van der Waals surface area contributed by atoms with Gasteiger partial charge < -0.3 is 14.8 Å². The summed E-state index contributed by atoms with van der Waals surface area (Å²) in [4.78, 5) is 76.3. The molecule has 4 saturated heterocycles. The number of nitrogens with zero attached hydrogens (tertiary/aromatic N) is 9. The minimum Gasteiger partial charge on any atom is -0.361 e. The second-order valence-electron chi connectivity index (χ2n) is 18.0. The van der Waals surface area contributed by atoms with Crippen molar-refractivity contribution >= 4 is 52.1 Å². The predicted molar refractivity (Wildman–Crippen MR) is 230 cm³/mol. The Labute approximate surface area is 367 Å². The van der Waals surface area contributed by atoms with Crippen LogP contribution >= 0.6 is 0 Å². The fourth-order valence-electron chi connectivity index (χ4n) is 10.6. The number of nitrogens with one attached hydrogen (secondary N) is 2. The fraction of sp³-hybridized carbons (Fsp3) is 0.435. The second kappa shape index (κ2) is 16.4. The van der Waals surface area contributed by atoms with Gasteiger partial charge in [0, 0.05) is 62.5 Å². The molecule has 2 N–H and O–H groups in total. The van der Waals surface area contributed by atoms with E-state index in [1.54, 1.807) is 12.3 Å². The van der Waals surface area contributed by atoms with Crippen LogP contribution < -0.4 is 15.5 Å². The van der Waals surface area contributed by atoms with Crippen molar-refractivity contribution in [2.45, 2.75) is 90.0 Å². The van der Waals surface area contributed by atoms with Crippen molar-refractivity contribution in [2.24, 2.45) is 5.92 Å². The van der Waals surface area contributed by atoms with Crippen molar-refractivity contribution in [1.82, 2.24) is 44.5 Å². The number of carbonyl (C=O) groups excluding carboxylic acids is 4. The second-order valence-corrected chi connectivity index (χ2v) is 18.0. The van der Waals surface area contributed by atoms with Gasteiger partial charge in [0.1, 0.15) is 34.7 Å². The first-order chi connectivity index (χ1) is 30.8. The van der Waals surface area contributed by atoms with Crippen molar-refractivity contribution < 1.29 is 32.3 Å². The molecule has 2 aromatic carbocycles. The SMILES string of the molecule is Cc1nc2c(F)cc(-c3nc(Nc4ccc(CN5CCC(CN6CC7CCC(C6)N7c6cc7c(cc6F)C(=O)N(C6CCC(=O)NC6=O)C7=O)CC5)cn4)ncc3F)cc2n1C(C)C. The largest absolute Gasteiger partial charge is 0.361 e. The molecule has 15 nitrogen and oxygen atoms in total. The molecule has 5 aromatic rings. The lowest BCUT2D eigenvalue weighted by molar-refractivity contribution is -0.136. The van der Waals surface area contributed by atoms with E-state index in [9.17, 15) is 19.2 Å². The molecule has 0 spiro atoms. The number of likely N-dealkylation sites (tertiary alicyclic amines) is 2. The van der Waals surface area contributed by atoms with Crippen LogP contribution in [0.3, 0.4) is 0 Å². The topological polar surface area (TPSA) is 162 Å². The van der Waals surface area contributed by atoms with Gasteiger partial charge in [-0.15, -0.1) is 0 Å². The third kappa shape index (κ3) is 7.55. The molecule has 0 aliphatic carbocycles. The first-order valence-corrected chi connectivity index (χ1v) is 22.0. The zero-order valence-electron chi connectivity index (χ0n) is 35.8. The number of imide groups is 2. The highest BCUT2D eigenvalue weighted by Crippen LogP contribution is 2.40. The van der Waals surface area contributed by atoms with Gasteiger partial charge in [-0.1, -0.05) is 6.07 Å². The van der Waals surface area contributed by atoms with Gasteiger partial charge in [-0.2, -0.15) is 0 Å². The Morgan fingerprint density at radius 2 is 1.55 bits per heavy atom. The van der Waals surface area contributed by atoms with Crippen molar-refractivity contribution in [2.75, 3.05) is 42.9 Å². The Morgan fingerprint density at radius 3 is 2.23 bits per heavy atom. The van der Waals surface area contributed by atoms with E-state index in [-0.39, 0.29) is 64.8 Å². The van der Waals surface area contributed by atoms with Gasteiger partial charge in [-0.25, -0.2) is 33.1 Å². The number of piperazine rings is 1. The van der Waals surface area contributed by atoms with Gasteiger partial charge in [0.05, 0.1) is 28.5 Å². The van der Waals surface area contributed by atoms with Crippen LogP contribution in [0.25, 0.3) is 22.3 Å². The summed E-state index contributed by atoms with van der Waals surface area (Å²) in [5.74, 6) is -2.48. The summed E-state index contributed by atoms with van der Waals surface area (Å²) in [6, 6.07) is 8.45. The van der Waals surface area contributed by atoms with Gasteiger partial charge >= 0.3 is 0 Å². The van der Waals surface area contributed by atoms with Gasteiger partial charge in [0.2, 0.25) is 17.8 Å². The van der Waals surface area contributed by atoms with Crippen molar-refractivity contribution in [3.8, 4) is 11.3 Å². The molecule has 64 heavy (non-hydrogen) atoms. The molecule has 332 valence electrons. The Kier molecular flexibility index (Phi) is 10.7. The molecule has 2 bridgehead atoms. The lowest BCUT2D eigenvalue weighted by Gasteiger charge is -2.44. The molecule has 4 amide bonds. The zero-order valence-corrected chi connectivity index (χ0v) is 35.8. The summed E-state index contributed by atoms with van der Waals surface area (Å²) < 4.78 is 48.0. The van der Waals surface area contributed by atoms with Crippen LogP contribution in [-0.2, 0) is 16.1 Å². The minimum absolute atomic E-state index is 0.0145. The lowest BCUT2D eigenvalue weighted by Crippen LogP contribution is -2.55. The molecule has 3 unspecified atom stereocenters. The van der Waals surface area contributed by atoms with Gasteiger partial charge in [-0.3, -0.25) is 39.2 Å². The molecule has 3 atom stereocenters. The maximum absolute atomic E-state index is 15.8. The predicted octanol–water partition coefficient (Wildman–Crippen LogP) is 5.90. The standard InChI is InChI=1S/C46H48F3N11O4/c1-24(2)58-25(3)52-42-34(48)14-28(15-38(42)58)41-35(49)19-51-46(55-41)53-39-8-4-27(18-50-39)21-56-12-10-26(11-13-56)20-57-22-29-5-6-30(23-57)59(29)37-17-32-31(16-33(37)47)44(63)60(45(32)64)36-7-9-40(61)54-43(36)62/h4,8,14-19,24,26,29-30,36H,5-7,9-13,20-23H2,1-3H3,(H,54,61,62)(H,50,51,53,55). The number of hydrogen-bond acceptors (Lipinski definition) is 12. The van der Waals surface area contributed by atoms with Crippen LogP contribution in [-0.4, -0.2) is 114 Å². The normalized spacial score (nSPS) is 22.0. The molecule has 4 fully saturated rings. The average Bonchev–Trinajstić information content (AvgIpc) is 3.83. The van der Waals surface area contributed by atoms with Crippen LogP contribution in [0.2, 0.25) is 0 Å². The number of amides is 4. The van der Waals surface area contributed by atoms with Crippen LogP contribution in [0.5, 0.6) is 0 Å². The van der Waals surface area contributed by atoms with Crippen LogP contribution in [0.15, 0.2) is 48.8 Å². The van der Waals surface area contributed by atoms with E-state index in [0.29, 0.717) is 28.8 Å². The number of fused-ring (bicyclic) bond motifs is 4. The number of imidazole rings is 1. The molecule has 5 aliphatic rings. The summed E-state index contributed by atoms with van der Waals surface area (Å²) in [5, 5.41) is 5.25. The Morgan fingerprint density at radius 1 is 0.812 bits per heavy atom. The molecule has 5 aliphatic heterocycles. The Hall–Kier alpha value is -6.27. The van der Waals surface area contributed by atoms with E-state index in [2.05, 4.69) is 45.3 Å². The monoisotopic (exact) mass is 875 g/mol. The van der Waals surface area contributed by atoms with Gasteiger partial charge in [-0.05, 0) is 108 Å². The quantitative estimate of drug-likeness (QED) is 0.160. The summed E-state index contributed by atoms with van der Waals surface area (Å²) in [7, 11) is 0. The van der Waals surface area contributed by atoms with Gasteiger partial charge in [0.15, 0.2) is 11.6 Å². The van der Waals surface area contributed by atoms with E-state index in [1.165, 1.54) is 12.1 Å². The molecular formula is C46H48F3N11O4. The van der Waals surface area contributed by atoms with E-state index in [0.717, 1.165) is 87.7 Å². The smallest absolute Gasteiger partial charge is 0.262 e. The third-order valence-electron chi connectivity index (χ3n) is 13.5. The highest BCUT2D eigenvalue weighted by atomic mass is 19.1. The number of piperidine rings is 2. The Balaban J connectivity index is 0.724. The number of halogens is 3. The maximum atomic E-state index is 15.8. The molecule has 3 aromatic heterocycles. The van der Waals surface area contributed by atoms with E-state index in [1.807, 2.05) is 37.5 Å². The fourth-order valence-corrected chi connectivity index (χ4v) is 10.6. The summed E-state index contributed by atoms with van der Waals surface area (Å²) in [5.41, 5.74) is 2.44. The first kappa shape index (κ1) is 41.7. The zero-order chi connectivity index (χ0) is 44.6. The van der Waals surface area contributed by atoms with E-state index in [4.69, 9.17) is 0 Å². The third-order valence-corrected chi connectivity index (χ3v) is 13.5. The van der Waals surface area contributed by atoms with Crippen molar-refractivity contribution in [1.29, 1.82) is 0 Å². The van der Waals surface area contributed by atoms with Gasteiger partial charge in [0.25, 0.3) is 11.8 Å². The lowest BCUT2D eigenvalue weighted by atomic mass is 9.95. The van der Waals surface area contributed by atoms with E-state index >= 15 is 13.2 Å². The first-order valence-electron chi connectivity index (χ1n) is 22.0. The summed E-state index contributed by atoms with van der Waals surface area (Å²) in [6.45, 7) is 10.9. The summed E-state index contributed by atoms with van der Waals surface area (Å²) in [6.07, 6.45) is 6.81. The van der Waals surface area contributed by atoms with Crippen LogP contribution in [0.4, 0.5) is 30.6 Å². The minimum atomic E-state index is -1.10. The molecule has 18 heteroatoms. The molecule has 10 rings (SSSR count). The number of benzene rings is 2. The molecule has 0 saturated carbocycles. The number of anilines is 3. The highest BCUT2D eigenvalue weighted by molar-refractivity contribution is 6.23. The molecule has 0 radical (unpaired) electrons.